The number of ether oxygens (including phenoxy) is 1. The van der Waals surface area contributed by atoms with Crippen LogP contribution in [0.3, 0.4) is 0 Å². The molecule has 0 aliphatic carbocycles. The van der Waals surface area contributed by atoms with Gasteiger partial charge in [0, 0.05) is 0 Å². The molecule has 1 heteroatoms. The molecule has 2 atom stereocenters. The van der Waals surface area contributed by atoms with E-state index in [1.807, 2.05) is 6.07 Å². The van der Waals surface area contributed by atoms with Crippen molar-refractivity contribution in [1.29, 1.82) is 0 Å². The summed E-state index contributed by atoms with van der Waals surface area (Å²) in [7, 11) is 0. The average molecular weight is 174 g/mol. The predicted molar refractivity (Wildman–Crippen MR) is 53.5 cm³/mol. The largest absolute Gasteiger partial charge is 0.366 e. The summed E-state index contributed by atoms with van der Waals surface area (Å²) < 4.78 is 5.79. The van der Waals surface area contributed by atoms with Gasteiger partial charge in [0.1, 0.15) is 0 Å². The maximum atomic E-state index is 5.79. The van der Waals surface area contributed by atoms with Crippen LogP contribution in [0.4, 0.5) is 0 Å². The molecule has 0 bridgehead atoms. The molecule has 1 aromatic rings. The molecular weight excluding hydrogens is 160 g/mol. The Kier molecular flexibility index (Phi) is 2.46. The second-order valence-corrected chi connectivity index (χ2v) is 3.40. The van der Waals surface area contributed by atoms with Crippen LogP contribution in [0, 0.1) is 0 Å². The lowest BCUT2D eigenvalue weighted by molar-refractivity contribution is 0.0146. The summed E-state index contributed by atoms with van der Waals surface area (Å²) in [6.45, 7) is 2.08. The van der Waals surface area contributed by atoms with Crippen LogP contribution < -0.4 is 0 Å². The zero-order valence-electron chi connectivity index (χ0n) is 7.81. The van der Waals surface area contributed by atoms with Crippen molar-refractivity contribution in [2.45, 2.75) is 25.6 Å². The second-order valence-electron chi connectivity index (χ2n) is 3.40. The van der Waals surface area contributed by atoms with Crippen molar-refractivity contribution >= 4 is 0 Å². The zero-order chi connectivity index (χ0) is 9.10. The number of hydrogen-bond donors (Lipinski definition) is 0. The molecule has 0 fully saturated rings. The van der Waals surface area contributed by atoms with Crippen molar-refractivity contribution in [1.82, 2.24) is 0 Å². The average Bonchev–Trinajstić information content (AvgIpc) is 2.19. The lowest BCUT2D eigenvalue weighted by atomic mass is 10.0. The minimum atomic E-state index is 0.249. The maximum Gasteiger partial charge on any atom is 0.0867 e. The molecule has 0 radical (unpaired) electrons. The van der Waals surface area contributed by atoms with Crippen LogP contribution in [0.5, 0.6) is 0 Å². The number of hydrogen-bond acceptors (Lipinski definition) is 1. The molecule has 0 spiro atoms. The summed E-state index contributed by atoms with van der Waals surface area (Å²) >= 11 is 0. The van der Waals surface area contributed by atoms with Gasteiger partial charge in [-0.1, -0.05) is 42.5 Å². The molecule has 1 unspecified atom stereocenters. The van der Waals surface area contributed by atoms with E-state index in [0.717, 1.165) is 6.42 Å². The van der Waals surface area contributed by atoms with E-state index in [2.05, 4.69) is 43.3 Å². The zero-order valence-corrected chi connectivity index (χ0v) is 7.81. The fourth-order valence-corrected chi connectivity index (χ4v) is 1.64. The first-order valence-electron chi connectivity index (χ1n) is 4.73. The summed E-state index contributed by atoms with van der Waals surface area (Å²) in [5.41, 5.74) is 1.28. The van der Waals surface area contributed by atoms with Crippen molar-refractivity contribution in [3.05, 3.63) is 48.0 Å². The van der Waals surface area contributed by atoms with E-state index in [4.69, 9.17) is 4.74 Å². The SMILES string of the molecule is CC1C=CC[C@H](c2ccccc2)O1. The van der Waals surface area contributed by atoms with E-state index in [1.54, 1.807) is 0 Å². The monoisotopic (exact) mass is 174 g/mol. The van der Waals surface area contributed by atoms with Crippen LogP contribution in [0.15, 0.2) is 42.5 Å². The van der Waals surface area contributed by atoms with Crippen LogP contribution in [0.2, 0.25) is 0 Å². The Labute approximate surface area is 79.0 Å². The summed E-state index contributed by atoms with van der Waals surface area (Å²) in [6, 6.07) is 10.4. The molecule has 1 nitrogen and oxygen atoms in total. The van der Waals surface area contributed by atoms with Gasteiger partial charge in [0.2, 0.25) is 0 Å². The van der Waals surface area contributed by atoms with E-state index in [9.17, 15) is 0 Å². The quantitative estimate of drug-likeness (QED) is 0.594. The maximum absolute atomic E-state index is 5.79. The van der Waals surface area contributed by atoms with Gasteiger partial charge in [-0.25, -0.2) is 0 Å². The lowest BCUT2D eigenvalue weighted by Gasteiger charge is -2.23. The standard InChI is InChI=1S/C12H14O/c1-10-6-5-9-12(13-10)11-7-3-2-4-8-11/h2-8,10,12H,9H2,1H3/t10?,12-/m1/s1. The van der Waals surface area contributed by atoms with Crippen molar-refractivity contribution in [3.63, 3.8) is 0 Å². The highest BCUT2D eigenvalue weighted by Gasteiger charge is 2.15. The third-order valence-corrected chi connectivity index (χ3v) is 2.31. The van der Waals surface area contributed by atoms with Crippen molar-refractivity contribution < 1.29 is 4.74 Å². The fourth-order valence-electron chi connectivity index (χ4n) is 1.64. The predicted octanol–water partition coefficient (Wildman–Crippen LogP) is 3.09. The Hall–Kier alpha value is -1.08. The van der Waals surface area contributed by atoms with Gasteiger partial charge in [-0.15, -0.1) is 0 Å². The first-order chi connectivity index (χ1) is 6.36. The molecule has 1 aromatic carbocycles. The minimum Gasteiger partial charge on any atom is -0.366 e. The van der Waals surface area contributed by atoms with Gasteiger partial charge in [0.05, 0.1) is 12.2 Å². The van der Waals surface area contributed by atoms with Crippen LogP contribution in [0.1, 0.15) is 25.0 Å². The number of benzene rings is 1. The summed E-state index contributed by atoms with van der Waals surface area (Å²) in [6.07, 6.45) is 5.81. The fraction of sp³-hybridized carbons (Fsp3) is 0.333. The van der Waals surface area contributed by atoms with E-state index in [1.165, 1.54) is 5.56 Å². The topological polar surface area (TPSA) is 9.23 Å². The summed E-state index contributed by atoms with van der Waals surface area (Å²) in [5, 5.41) is 0. The van der Waals surface area contributed by atoms with Gasteiger partial charge >= 0.3 is 0 Å². The van der Waals surface area contributed by atoms with Crippen molar-refractivity contribution in [3.8, 4) is 0 Å². The molecule has 0 saturated heterocycles. The third kappa shape index (κ3) is 1.99. The van der Waals surface area contributed by atoms with Gasteiger partial charge in [0.25, 0.3) is 0 Å². The van der Waals surface area contributed by atoms with Crippen LogP contribution in [-0.4, -0.2) is 6.10 Å². The first kappa shape index (κ1) is 8.52. The van der Waals surface area contributed by atoms with E-state index < -0.39 is 0 Å². The molecule has 1 aliphatic rings. The van der Waals surface area contributed by atoms with E-state index in [0.29, 0.717) is 0 Å². The van der Waals surface area contributed by atoms with Crippen molar-refractivity contribution in [2.75, 3.05) is 0 Å². The number of rotatable bonds is 1. The van der Waals surface area contributed by atoms with Crippen LogP contribution in [-0.2, 0) is 4.74 Å². The highest BCUT2D eigenvalue weighted by Crippen LogP contribution is 2.26. The summed E-state index contributed by atoms with van der Waals surface area (Å²) in [4.78, 5) is 0. The highest BCUT2D eigenvalue weighted by atomic mass is 16.5. The van der Waals surface area contributed by atoms with Crippen molar-refractivity contribution in [2.24, 2.45) is 0 Å². The molecule has 1 heterocycles. The van der Waals surface area contributed by atoms with Gasteiger partial charge in [0.15, 0.2) is 0 Å². The Bertz CT molecular complexity index is 289. The third-order valence-electron chi connectivity index (χ3n) is 2.31. The molecule has 1 aliphatic heterocycles. The van der Waals surface area contributed by atoms with Crippen LogP contribution >= 0.6 is 0 Å². The van der Waals surface area contributed by atoms with Gasteiger partial charge < -0.3 is 4.74 Å². The Morgan fingerprint density at radius 2 is 2.00 bits per heavy atom. The molecule has 2 rings (SSSR count). The molecule has 0 N–H and O–H groups in total. The Morgan fingerprint density at radius 1 is 1.23 bits per heavy atom. The second kappa shape index (κ2) is 3.75. The summed E-state index contributed by atoms with van der Waals surface area (Å²) in [5.74, 6) is 0. The van der Waals surface area contributed by atoms with E-state index in [-0.39, 0.29) is 12.2 Å². The van der Waals surface area contributed by atoms with Crippen LogP contribution in [0.25, 0.3) is 0 Å². The molecule has 68 valence electrons. The van der Waals surface area contributed by atoms with Gasteiger partial charge in [-0.05, 0) is 18.9 Å². The van der Waals surface area contributed by atoms with E-state index >= 15 is 0 Å². The Balaban J connectivity index is 2.15. The molecule has 0 aromatic heterocycles. The first-order valence-corrected chi connectivity index (χ1v) is 4.73. The smallest absolute Gasteiger partial charge is 0.0867 e. The molecular formula is C12H14O. The Morgan fingerprint density at radius 3 is 2.69 bits per heavy atom. The molecule has 0 amide bonds. The van der Waals surface area contributed by atoms with Gasteiger partial charge in [-0.2, -0.15) is 0 Å². The van der Waals surface area contributed by atoms with Gasteiger partial charge in [-0.3, -0.25) is 0 Å². The lowest BCUT2D eigenvalue weighted by Crippen LogP contribution is -2.14. The molecule has 13 heavy (non-hydrogen) atoms. The highest BCUT2D eigenvalue weighted by molar-refractivity contribution is 5.19. The molecule has 0 saturated carbocycles. The minimum absolute atomic E-state index is 0.249. The normalized spacial score (nSPS) is 27.5.